The van der Waals surface area contributed by atoms with Gasteiger partial charge in [0.1, 0.15) is 18.0 Å². The summed E-state index contributed by atoms with van der Waals surface area (Å²) in [5, 5.41) is 21.6. The molecule has 5 rings (SSSR count). The molecule has 0 aromatic rings. The second kappa shape index (κ2) is 11.3. The number of rotatable bonds is 8. The number of aliphatic hydroxyl groups is 2. The van der Waals surface area contributed by atoms with Crippen molar-refractivity contribution in [1.82, 2.24) is 0 Å². The number of fused-ring (bicyclic) bond motifs is 1. The van der Waals surface area contributed by atoms with Crippen LogP contribution in [0.1, 0.15) is 71.1 Å². The zero-order valence-electron chi connectivity index (χ0n) is 20.9. The third-order valence-electron chi connectivity index (χ3n) is 8.62. The lowest BCUT2D eigenvalue weighted by atomic mass is 9.87. The van der Waals surface area contributed by atoms with Crippen LogP contribution in [0.5, 0.6) is 0 Å². The smallest absolute Gasteiger partial charge is 0.135 e. The molecule has 11 atom stereocenters. The van der Waals surface area contributed by atoms with E-state index in [0.29, 0.717) is 38.2 Å². The largest absolute Gasteiger partial charge is 0.390 e. The second-order valence-electron chi connectivity index (χ2n) is 11.4. The number of carbonyl (C=O) groups is 1. The van der Waals surface area contributed by atoms with Crippen molar-refractivity contribution in [1.29, 1.82) is 0 Å². The normalized spacial score (nSPS) is 46.1. The Kier molecular flexibility index (Phi) is 8.28. The third-order valence-corrected chi connectivity index (χ3v) is 8.62. The Hall–Kier alpha value is -0.870. The summed E-state index contributed by atoms with van der Waals surface area (Å²) in [7, 11) is 0. The lowest BCUT2D eigenvalue weighted by Crippen LogP contribution is -2.57. The minimum atomic E-state index is -0.701. The van der Waals surface area contributed by atoms with E-state index < -0.39 is 24.4 Å². The average molecular weight is 495 g/mol. The van der Waals surface area contributed by atoms with Crippen molar-refractivity contribution in [3.63, 3.8) is 0 Å². The van der Waals surface area contributed by atoms with Crippen LogP contribution < -0.4 is 0 Å². The van der Waals surface area contributed by atoms with Crippen LogP contribution >= 0.6 is 0 Å². The lowest BCUT2D eigenvalue weighted by molar-refractivity contribution is -0.247. The summed E-state index contributed by atoms with van der Waals surface area (Å²) in [6, 6.07) is 0. The molecule has 0 aliphatic carbocycles. The lowest BCUT2D eigenvalue weighted by Gasteiger charge is -2.46. The topological polar surface area (TPSA) is 104 Å². The quantitative estimate of drug-likeness (QED) is 0.496. The van der Waals surface area contributed by atoms with E-state index in [1.807, 2.05) is 6.92 Å². The first-order valence-electron chi connectivity index (χ1n) is 13.6. The highest BCUT2D eigenvalue weighted by molar-refractivity contribution is 5.79. The molecule has 5 aliphatic heterocycles. The van der Waals surface area contributed by atoms with Crippen molar-refractivity contribution in [3.8, 4) is 0 Å². The standard InChI is InChI=1S/C27H42O8/c1-15-9-19(32-14-15)3-4-21-12-22(29)27(34-21)25-13-23(30)26-24(35-25)6-5-20(33-26)11-18(28)10-17-7-8-31-16(17)2/h16-17,19-27,29-30H,1,3-14H2,2H3/t16-,17?,19?,20?,21?,22?,23?,24?,25?,26+,27?/m0/s1. The van der Waals surface area contributed by atoms with Gasteiger partial charge in [-0.2, -0.15) is 0 Å². The van der Waals surface area contributed by atoms with Crippen molar-refractivity contribution in [2.45, 2.75) is 132 Å². The zero-order chi connectivity index (χ0) is 24.5. The molecular formula is C27H42O8. The summed E-state index contributed by atoms with van der Waals surface area (Å²) in [5.74, 6) is 0.510. The van der Waals surface area contributed by atoms with Crippen LogP contribution in [0.2, 0.25) is 0 Å². The van der Waals surface area contributed by atoms with Gasteiger partial charge in [-0.3, -0.25) is 4.79 Å². The van der Waals surface area contributed by atoms with E-state index in [-0.39, 0.29) is 42.4 Å². The molecule has 0 amide bonds. The highest BCUT2D eigenvalue weighted by Crippen LogP contribution is 2.38. The van der Waals surface area contributed by atoms with Crippen molar-refractivity contribution in [2.75, 3.05) is 13.2 Å². The van der Waals surface area contributed by atoms with E-state index in [4.69, 9.17) is 23.7 Å². The Labute approximate surface area is 208 Å². The van der Waals surface area contributed by atoms with Gasteiger partial charge in [-0.15, -0.1) is 0 Å². The van der Waals surface area contributed by atoms with Gasteiger partial charge in [0.15, 0.2) is 0 Å². The van der Waals surface area contributed by atoms with Crippen LogP contribution in [0.3, 0.4) is 0 Å². The summed E-state index contributed by atoms with van der Waals surface area (Å²) in [4.78, 5) is 12.6. The average Bonchev–Trinajstić information content (AvgIpc) is 3.53. The Morgan fingerprint density at radius 3 is 2.37 bits per heavy atom. The molecule has 5 aliphatic rings. The second-order valence-corrected chi connectivity index (χ2v) is 11.4. The van der Waals surface area contributed by atoms with Gasteiger partial charge < -0.3 is 33.9 Å². The van der Waals surface area contributed by atoms with E-state index in [1.165, 1.54) is 0 Å². The van der Waals surface area contributed by atoms with E-state index in [1.54, 1.807) is 0 Å². The molecule has 0 radical (unpaired) electrons. The van der Waals surface area contributed by atoms with Crippen LogP contribution in [0.4, 0.5) is 0 Å². The first-order valence-corrected chi connectivity index (χ1v) is 13.6. The summed E-state index contributed by atoms with van der Waals surface area (Å²) < 4.78 is 30.0. The van der Waals surface area contributed by atoms with Crippen LogP contribution in [-0.4, -0.2) is 90.2 Å². The van der Waals surface area contributed by atoms with Crippen molar-refractivity contribution in [2.24, 2.45) is 5.92 Å². The van der Waals surface area contributed by atoms with E-state index in [9.17, 15) is 15.0 Å². The van der Waals surface area contributed by atoms with Gasteiger partial charge in [-0.05, 0) is 56.9 Å². The van der Waals surface area contributed by atoms with Crippen molar-refractivity contribution >= 4 is 5.78 Å². The molecule has 35 heavy (non-hydrogen) atoms. The number of carbonyl (C=O) groups excluding carboxylic acids is 1. The summed E-state index contributed by atoms with van der Waals surface area (Å²) in [6.45, 7) is 7.40. The number of ketones is 1. The molecule has 0 aromatic heterocycles. The molecule has 5 heterocycles. The summed E-state index contributed by atoms with van der Waals surface area (Å²) in [5.41, 5.74) is 1.14. The minimum absolute atomic E-state index is 0.0306. The molecule has 9 unspecified atom stereocenters. The first kappa shape index (κ1) is 25.8. The predicted octanol–water partition coefficient (Wildman–Crippen LogP) is 2.47. The Morgan fingerprint density at radius 1 is 0.886 bits per heavy atom. The van der Waals surface area contributed by atoms with E-state index in [0.717, 1.165) is 50.7 Å². The summed E-state index contributed by atoms with van der Waals surface area (Å²) >= 11 is 0. The first-order chi connectivity index (χ1) is 16.9. The monoisotopic (exact) mass is 494 g/mol. The van der Waals surface area contributed by atoms with E-state index in [2.05, 4.69) is 6.58 Å². The highest BCUT2D eigenvalue weighted by atomic mass is 16.6. The van der Waals surface area contributed by atoms with Gasteiger partial charge in [0.05, 0.1) is 55.4 Å². The molecule has 0 saturated carbocycles. The van der Waals surface area contributed by atoms with Gasteiger partial charge >= 0.3 is 0 Å². The molecule has 198 valence electrons. The van der Waals surface area contributed by atoms with Crippen LogP contribution in [0.15, 0.2) is 12.2 Å². The van der Waals surface area contributed by atoms with Crippen molar-refractivity contribution < 1.29 is 38.7 Å². The van der Waals surface area contributed by atoms with E-state index >= 15 is 0 Å². The third kappa shape index (κ3) is 6.17. The molecule has 2 N–H and O–H groups in total. The molecular weight excluding hydrogens is 452 g/mol. The van der Waals surface area contributed by atoms with Crippen LogP contribution in [0, 0.1) is 5.92 Å². The molecule has 0 aromatic carbocycles. The maximum atomic E-state index is 12.6. The molecule has 5 fully saturated rings. The Balaban J connectivity index is 1.08. The Bertz CT molecular complexity index is 757. The number of Topliss-reactive ketones (excluding diaryl/α,β-unsaturated/α-hetero) is 1. The molecule has 8 heteroatoms. The number of hydrogen-bond donors (Lipinski definition) is 2. The zero-order valence-corrected chi connectivity index (χ0v) is 20.9. The number of hydrogen-bond acceptors (Lipinski definition) is 8. The van der Waals surface area contributed by atoms with Crippen molar-refractivity contribution in [3.05, 3.63) is 12.2 Å². The summed E-state index contributed by atoms with van der Waals surface area (Å²) in [6.07, 6.45) is 4.23. The highest BCUT2D eigenvalue weighted by Gasteiger charge is 2.49. The maximum absolute atomic E-state index is 12.6. The van der Waals surface area contributed by atoms with Gasteiger partial charge in [-0.1, -0.05) is 6.58 Å². The van der Waals surface area contributed by atoms with Gasteiger partial charge in [-0.25, -0.2) is 0 Å². The minimum Gasteiger partial charge on any atom is -0.390 e. The number of aliphatic hydroxyl groups excluding tert-OH is 2. The van der Waals surface area contributed by atoms with Gasteiger partial charge in [0.25, 0.3) is 0 Å². The fraction of sp³-hybridized carbons (Fsp3) is 0.889. The van der Waals surface area contributed by atoms with Crippen LogP contribution in [-0.2, 0) is 28.5 Å². The number of ether oxygens (including phenoxy) is 5. The molecule has 0 spiro atoms. The molecule has 8 nitrogen and oxygen atoms in total. The Morgan fingerprint density at radius 2 is 1.63 bits per heavy atom. The fourth-order valence-corrected chi connectivity index (χ4v) is 6.59. The predicted molar refractivity (Wildman–Crippen MR) is 127 cm³/mol. The maximum Gasteiger partial charge on any atom is 0.135 e. The van der Waals surface area contributed by atoms with Crippen LogP contribution in [0.25, 0.3) is 0 Å². The fourth-order valence-electron chi connectivity index (χ4n) is 6.59. The van der Waals surface area contributed by atoms with Gasteiger partial charge in [0, 0.05) is 32.3 Å². The SMILES string of the molecule is C=C1COC(CCC2CC(O)C(C3CC(O)[C@H]4OC(CC(=O)CC5CCO[C@H]5C)CCC4O3)O2)C1. The molecule has 0 bridgehead atoms. The molecule has 5 saturated heterocycles. The van der Waals surface area contributed by atoms with Gasteiger partial charge in [0.2, 0.25) is 0 Å².